The number of carbonyl (C=O) groups excluding carboxylic acids is 2. The second-order valence-electron chi connectivity index (χ2n) is 6.22. The van der Waals surface area contributed by atoms with E-state index < -0.39 is 29.7 Å². The van der Waals surface area contributed by atoms with Gasteiger partial charge in [0, 0.05) is 18.4 Å². The minimum Gasteiger partial charge on any atom is -0.365 e. The summed E-state index contributed by atoms with van der Waals surface area (Å²) in [5.74, 6) is 4.35. The first-order valence-corrected chi connectivity index (χ1v) is 8.60. The second kappa shape index (κ2) is 8.45. The molecule has 2 aromatic rings. The topological polar surface area (TPSA) is 110 Å². The Morgan fingerprint density at radius 1 is 1.21 bits per heavy atom. The van der Waals surface area contributed by atoms with E-state index in [9.17, 15) is 22.8 Å². The van der Waals surface area contributed by atoms with Crippen LogP contribution in [0, 0.1) is 0 Å². The zero-order valence-corrected chi connectivity index (χ0v) is 15.1. The van der Waals surface area contributed by atoms with Gasteiger partial charge in [0.1, 0.15) is 5.82 Å². The average Bonchev–Trinajstić information content (AvgIpc) is 2.73. The first-order chi connectivity index (χ1) is 13.8. The number of hydrogen-bond donors (Lipinski definition) is 3. The molecule has 0 spiro atoms. The molecule has 1 aromatic heterocycles. The number of benzene rings is 1. The van der Waals surface area contributed by atoms with Crippen molar-refractivity contribution in [2.24, 2.45) is 5.84 Å². The molecule has 1 saturated heterocycles. The minimum atomic E-state index is -4.44. The molecule has 154 valence electrons. The Morgan fingerprint density at radius 2 is 1.93 bits per heavy atom. The first-order valence-electron chi connectivity index (χ1n) is 8.60. The molecule has 29 heavy (non-hydrogen) atoms. The number of hydrogen-bond acceptors (Lipinski definition) is 6. The van der Waals surface area contributed by atoms with Crippen LogP contribution in [-0.4, -0.2) is 47.5 Å². The molecule has 2 amide bonds. The van der Waals surface area contributed by atoms with Crippen molar-refractivity contribution >= 4 is 23.3 Å². The molecule has 11 heteroatoms. The van der Waals surface area contributed by atoms with Gasteiger partial charge in [-0.25, -0.2) is 10.8 Å². The van der Waals surface area contributed by atoms with Gasteiger partial charge in [-0.3, -0.25) is 15.0 Å². The molecule has 0 saturated carbocycles. The van der Waals surface area contributed by atoms with Crippen LogP contribution in [0.2, 0.25) is 0 Å². The predicted molar refractivity (Wildman–Crippen MR) is 96.9 cm³/mol. The number of nitrogens with one attached hydrogen (secondary N) is 2. The fourth-order valence-electron chi connectivity index (χ4n) is 2.81. The van der Waals surface area contributed by atoms with Crippen molar-refractivity contribution in [1.29, 1.82) is 0 Å². The molecule has 1 unspecified atom stereocenters. The number of anilines is 2. The number of aromatic nitrogens is 1. The van der Waals surface area contributed by atoms with Crippen LogP contribution in [0.3, 0.4) is 0 Å². The quantitative estimate of drug-likeness (QED) is 0.403. The largest absolute Gasteiger partial charge is 0.416 e. The van der Waals surface area contributed by atoms with Gasteiger partial charge >= 0.3 is 6.18 Å². The summed E-state index contributed by atoms with van der Waals surface area (Å²) in [7, 11) is 0. The average molecular weight is 409 g/mol. The summed E-state index contributed by atoms with van der Waals surface area (Å²) in [6.07, 6.45) is -3.87. The molecule has 0 radical (unpaired) electrons. The van der Waals surface area contributed by atoms with Gasteiger partial charge in [0.25, 0.3) is 11.8 Å². The second-order valence-corrected chi connectivity index (χ2v) is 6.22. The number of nitrogens with two attached hydrogens (primary N) is 1. The highest BCUT2D eigenvalue weighted by Gasteiger charge is 2.31. The molecular formula is C18H18F3N5O3. The highest BCUT2D eigenvalue weighted by molar-refractivity contribution is 5.99. The van der Waals surface area contributed by atoms with Crippen molar-refractivity contribution in [2.75, 3.05) is 25.0 Å². The number of morpholine rings is 1. The molecule has 0 aliphatic carbocycles. The number of halogens is 3. The Hall–Kier alpha value is -3.18. The number of pyridine rings is 1. The highest BCUT2D eigenvalue weighted by Crippen LogP contribution is 2.30. The number of ether oxygens (including phenoxy) is 1. The Kier molecular flexibility index (Phi) is 5.99. The molecule has 0 bridgehead atoms. The normalized spacial score (nSPS) is 17.0. The van der Waals surface area contributed by atoms with Crippen molar-refractivity contribution in [1.82, 2.24) is 15.3 Å². The van der Waals surface area contributed by atoms with Crippen LogP contribution >= 0.6 is 0 Å². The van der Waals surface area contributed by atoms with Crippen LogP contribution in [0.1, 0.15) is 15.9 Å². The van der Waals surface area contributed by atoms with Crippen LogP contribution in [0.4, 0.5) is 24.7 Å². The molecule has 1 aliphatic rings. The van der Waals surface area contributed by atoms with Crippen LogP contribution in [0.25, 0.3) is 0 Å². The van der Waals surface area contributed by atoms with Gasteiger partial charge in [0.2, 0.25) is 0 Å². The molecule has 1 fully saturated rings. The van der Waals surface area contributed by atoms with Crippen molar-refractivity contribution in [3.8, 4) is 0 Å². The van der Waals surface area contributed by atoms with Crippen LogP contribution in [-0.2, 0) is 15.7 Å². The number of carbonyl (C=O) groups is 2. The third-order valence-corrected chi connectivity index (χ3v) is 4.30. The van der Waals surface area contributed by atoms with Gasteiger partial charge in [-0.2, -0.15) is 13.2 Å². The number of amides is 2. The van der Waals surface area contributed by atoms with Gasteiger partial charge in [-0.15, -0.1) is 0 Å². The maximum atomic E-state index is 12.9. The lowest BCUT2D eigenvalue weighted by molar-refractivity contribution is -0.138. The SMILES string of the molecule is NNC(=O)C1CN(C(=O)c2cccnc2Nc2ccc(C(F)(F)F)cc2)CCO1. The lowest BCUT2D eigenvalue weighted by Gasteiger charge is -2.32. The standard InChI is InChI=1S/C18H18F3N5O3/c19-18(20,21)11-3-5-12(6-4-11)24-15-13(2-1-7-23-15)17(28)26-8-9-29-14(10-26)16(27)25-22/h1-7,14H,8-10,22H2,(H,23,24)(H,25,27). The molecular weight excluding hydrogens is 391 g/mol. The van der Waals surface area contributed by atoms with Gasteiger partial charge in [-0.05, 0) is 36.4 Å². The van der Waals surface area contributed by atoms with E-state index in [1.54, 1.807) is 6.07 Å². The predicted octanol–water partition coefficient (Wildman–Crippen LogP) is 1.67. The van der Waals surface area contributed by atoms with Crippen molar-refractivity contribution < 1.29 is 27.5 Å². The summed E-state index contributed by atoms with van der Waals surface area (Å²) in [5, 5.41) is 2.86. The Morgan fingerprint density at radius 3 is 2.59 bits per heavy atom. The lowest BCUT2D eigenvalue weighted by Crippen LogP contribution is -2.52. The maximum absolute atomic E-state index is 12.9. The summed E-state index contributed by atoms with van der Waals surface area (Å²) >= 11 is 0. The maximum Gasteiger partial charge on any atom is 0.416 e. The molecule has 4 N–H and O–H groups in total. The summed E-state index contributed by atoms with van der Waals surface area (Å²) < 4.78 is 43.4. The highest BCUT2D eigenvalue weighted by atomic mass is 19.4. The third kappa shape index (κ3) is 4.81. The fourth-order valence-corrected chi connectivity index (χ4v) is 2.81. The molecule has 1 aliphatic heterocycles. The number of nitrogens with zero attached hydrogens (tertiary/aromatic N) is 2. The molecule has 1 aromatic carbocycles. The van der Waals surface area contributed by atoms with Crippen LogP contribution in [0.15, 0.2) is 42.6 Å². The van der Waals surface area contributed by atoms with Gasteiger partial charge in [-0.1, -0.05) is 0 Å². The number of alkyl halides is 3. The molecule has 3 rings (SSSR count). The molecule has 2 heterocycles. The third-order valence-electron chi connectivity index (χ3n) is 4.30. The van der Waals surface area contributed by atoms with Gasteiger partial charge in [0.15, 0.2) is 6.10 Å². The minimum absolute atomic E-state index is 0.0104. The Balaban J connectivity index is 1.78. The van der Waals surface area contributed by atoms with E-state index >= 15 is 0 Å². The first kappa shape index (κ1) is 20.6. The van der Waals surface area contributed by atoms with Crippen molar-refractivity contribution in [3.63, 3.8) is 0 Å². The van der Waals surface area contributed by atoms with E-state index in [1.807, 2.05) is 5.43 Å². The zero-order valence-electron chi connectivity index (χ0n) is 15.1. The molecule has 8 nitrogen and oxygen atoms in total. The van der Waals surface area contributed by atoms with Crippen molar-refractivity contribution in [3.05, 3.63) is 53.7 Å². The zero-order chi connectivity index (χ0) is 21.0. The fraction of sp³-hybridized carbons (Fsp3) is 0.278. The van der Waals surface area contributed by atoms with E-state index in [-0.39, 0.29) is 31.1 Å². The lowest BCUT2D eigenvalue weighted by atomic mass is 10.1. The van der Waals surface area contributed by atoms with Gasteiger partial charge in [0.05, 0.1) is 24.3 Å². The van der Waals surface area contributed by atoms with E-state index in [1.165, 1.54) is 29.3 Å². The Bertz CT molecular complexity index is 889. The summed E-state index contributed by atoms with van der Waals surface area (Å²) in [4.78, 5) is 30.2. The smallest absolute Gasteiger partial charge is 0.365 e. The van der Waals surface area contributed by atoms with Crippen LogP contribution in [0.5, 0.6) is 0 Å². The Labute approximate surface area is 163 Å². The summed E-state index contributed by atoms with van der Waals surface area (Å²) in [5.41, 5.74) is 1.76. The summed E-state index contributed by atoms with van der Waals surface area (Å²) in [6.45, 7) is 0.435. The number of rotatable bonds is 4. The van der Waals surface area contributed by atoms with E-state index in [0.29, 0.717) is 5.69 Å². The molecule has 1 atom stereocenters. The van der Waals surface area contributed by atoms with E-state index in [0.717, 1.165) is 12.1 Å². The van der Waals surface area contributed by atoms with Gasteiger partial charge < -0.3 is 15.0 Å². The van der Waals surface area contributed by atoms with E-state index in [2.05, 4.69) is 10.3 Å². The van der Waals surface area contributed by atoms with Crippen LogP contribution < -0.4 is 16.6 Å². The number of hydrazine groups is 1. The monoisotopic (exact) mass is 409 g/mol. The van der Waals surface area contributed by atoms with E-state index in [4.69, 9.17) is 10.6 Å². The van der Waals surface area contributed by atoms with Crippen molar-refractivity contribution in [2.45, 2.75) is 12.3 Å². The summed E-state index contributed by atoms with van der Waals surface area (Å²) in [6, 6.07) is 7.48.